The van der Waals surface area contributed by atoms with Crippen LogP contribution in [0.4, 0.5) is 37.7 Å². The molecule has 184 valence electrons. The molecule has 35 heavy (non-hydrogen) atoms. The van der Waals surface area contributed by atoms with Gasteiger partial charge in [-0.1, -0.05) is 38.1 Å². The van der Waals surface area contributed by atoms with Gasteiger partial charge in [-0.05, 0) is 47.5 Å². The highest BCUT2D eigenvalue weighted by Gasteiger charge is 2.38. The van der Waals surface area contributed by atoms with E-state index in [0.29, 0.717) is 17.7 Å². The standard InChI is InChI=1S/C25H20F6N2O2/c1-13(2)22(34)14-3-5-15(6-4-14)23(35)33-17-8-10-19(21(12-17)25(29,30)31)18-9-7-16(32)11-20(18)24(26,27)28/h3-13H,32H2,1-2H3,(H,33,35). The molecule has 0 aliphatic carbocycles. The third-order valence-corrected chi connectivity index (χ3v) is 5.18. The Balaban J connectivity index is 1.98. The zero-order valence-electron chi connectivity index (χ0n) is 18.5. The molecule has 3 aromatic carbocycles. The summed E-state index contributed by atoms with van der Waals surface area (Å²) in [6.07, 6.45) is -9.96. The third-order valence-electron chi connectivity index (χ3n) is 5.18. The molecule has 0 saturated carbocycles. The summed E-state index contributed by atoms with van der Waals surface area (Å²) in [5.41, 5.74) is 1.29. The first-order valence-electron chi connectivity index (χ1n) is 10.3. The fourth-order valence-electron chi connectivity index (χ4n) is 3.45. The number of Topliss-reactive ketones (excluding diaryl/α,β-unsaturated/α-hetero) is 1. The largest absolute Gasteiger partial charge is 0.417 e. The average molecular weight is 494 g/mol. The number of halogens is 6. The molecule has 0 spiro atoms. The van der Waals surface area contributed by atoms with E-state index in [0.717, 1.165) is 24.3 Å². The number of nitrogens with two attached hydrogens (primary N) is 1. The van der Waals surface area contributed by atoms with Gasteiger partial charge in [0.15, 0.2) is 5.78 Å². The number of anilines is 2. The van der Waals surface area contributed by atoms with Crippen LogP contribution in [0.15, 0.2) is 60.7 Å². The lowest BCUT2D eigenvalue weighted by Gasteiger charge is -2.19. The summed E-state index contributed by atoms with van der Waals surface area (Å²) in [4.78, 5) is 24.5. The molecule has 0 radical (unpaired) electrons. The van der Waals surface area contributed by atoms with Gasteiger partial charge in [-0.3, -0.25) is 9.59 Å². The number of alkyl halides is 6. The van der Waals surface area contributed by atoms with E-state index in [-0.39, 0.29) is 28.6 Å². The second-order valence-corrected chi connectivity index (χ2v) is 8.11. The molecule has 0 atom stereocenters. The Morgan fingerprint density at radius 3 is 1.74 bits per heavy atom. The number of carbonyl (C=O) groups excluding carboxylic acids is 2. The fourth-order valence-corrected chi connectivity index (χ4v) is 3.45. The summed E-state index contributed by atoms with van der Waals surface area (Å²) in [7, 11) is 0. The predicted octanol–water partition coefficient (Wildman–Crippen LogP) is 7.06. The molecule has 0 fully saturated rings. The van der Waals surface area contributed by atoms with Gasteiger partial charge in [0, 0.05) is 28.4 Å². The molecule has 1 amide bonds. The highest BCUT2D eigenvalue weighted by Crippen LogP contribution is 2.44. The van der Waals surface area contributed by atoms with Crippen molar-refractivity contribution in [1.29, 1.82) is 0 Å². The summed E-state index contributed by atoms with van der Waals surface area (Å²) >= 11 is 0. The lowest BCUT2D eigenvalue weighted by molar-refractivity contribution is -0.139. The van der Waals surface area contributed by atoms with Gasteiger partial charge in [-0.25, -0.2) is 0 Å². The number of hydrogen-bond acceptors (Lipinski definition) is 3. The maximum atomic E-state index is 13.8. The zero-order valence-corrected chi connectivity index (χ0v) is 18.5. The molecule has 0 aromatic heterocycles. The number of amides is 1. The Morgan fingerprint density at radius 1 is 0.743 bits per heavy atom. The van der Waals surface area contributed by atoms with E-state index in [9.17, 15) is 35.9 Å². The van der Waals surface area contributed by atoms with Gasteiger partial charge in [-0.2, -0.15) is 26.3 Å². The van der Waals surface area contributed by atoms with Crippen molar-refractivity contribution < 1.29 is 35.9 Å². The average Bonchev–Trinajstić information content (AvgIpc) is 2.77. The normalized spacial score (nSPS) is 12.0. The van der Waals surface area contributed by atoms with Crippen molar-refractivity contribution in [3.8, 4) is 11.1 Å². The Labute approximate surface area is 196 Å². The van der Waals surface area contributed by atoms with Crippen LogP contribution in [0.5, 0.6) is 0 Å². The van der Waals surface area contributed by atoms with Crippen LogP contribution in [0.3, 0.4) is 0 Å². The van der Waals surface area contributed by atoms with E-state index in [4.69, 9.17) is 5.73 Å². The van der Waals surface area contributed by atoms with Crippen molar-refractivity contribution in [2.45, 2.75) is 26.2 Å². The van der Waals surface area contributed by atoms with Gasteiger partial charge < -0.3 is 11.1 Å². The Morgan fingerprint density at radius 2 is 1.23 bits per heavy atom. The van der Waals surface area contributed by atoms with Crippen LogP contribution in [-0.4, -0.2) is 11.7 Å². The molecule has 0 saturated heterocycles. The summed E-state index contributed by atoms with van der Waals surface area (Å²) in [5.74, 6) is -1.14. The molecule has 3 rings (SSSR count). The van der Waals surface area contributed by atoms with E-state index >= 15 is 0 Å². The Hall–Kier alpha value is -3.82. The van der Waals surface area contributed by atoms with Crippen LogP contribution in [-0.2, 0) is 12.4 Å². The molecule has 0 aliphatic rings. The van der Waals surface area contributed by atoms with Crippen molar-refractivity contribution in [3.63, 3.8) is 0 Å². The number of nitrogen functional groups attached to an aromatic ring is 1. The van der Waals surface area contributed by atoms with Crippen molar-refractivity contribution in [3.05, 3.63) is 82.9 Å². The maximum Gasteiger partial charge on any atom is 0.417 e. The SMILES string of the molecule is CC(C)C(=O)c1ccc(C(=O)Nc2ccc(-c3ccc(N)cc3C(F)(F)F)c(C(F)(F)F)c2)cc1. The smallest absolute Gasteiger partial charge is 0.399 e. The Bertz CT molecular complexity index is 1260. The molecule has 0 bridgehead atoms. The Kier molecular flexibility index (Phi) is 6.96. The molecule has 0 heterocycles. The van der Waals surface area contributed by atoms with E-state index in [1.54, 1.807) is 13.8 Å². The highest BCUT2D eigenvalue weighted by atomic mass is 19.4. The highest BCUT2D eigenvalue weighted by molar-refractivity contribution is 6.05. The van der Waals surface area contributed by atoms with E-state index in [1.165, 1.54) is 24.3 Å². The third kappa shape index (κ3) is 5.82. The minimum atomic E-state index is -5.01. The second-order valence-electron chi connectivity index (χ2n) is 8.11. The van der Waals surface area contributed by atoms with Crippen LogP contribution >= 0.6 is 0 Å². The summed E-state index contributed by atoms with van der Waals surface area (Å²) in [5, 5.41) is 2.31. The molecule has 0 aliphatic heterocycles. The summed E-state index contributed by atoms with van der Waals surface area (Å²) < 4.78 is 81.9. The number of nitrogens with one attached hydrogen (secondary N) is 1. The first-order valence-corrected chi connectivity index (χ1v) is 10.3. The second kappa shape index (κ2) is 9.44. The lowest BCUT2D eigenvalue weighted by atomic mass is 9.93. The quantitative estimate of drug-likeness (QED) is 0.227. The lowest BCUT2D eigenvalue weighted by Crippen LogP contribution is -2.15. The number of benzene rings is 3. The summed E-state index contributed by atoms with van der Waals surface area (Å²) in [6.45, 7) is 3.43. The first kappa shape index (κ1) is 25.8. The number of carbonyl (C=O) groups is 2. The van der Waals surface area contributed by atoms with Gasteiger partial charge in [-0.15, -0.1) is 0 Å². The predicted molar refractivity (Wildman–Crippen MR) is 120 cm³/mol. The number of ketones is 1. The number of rotatable bonds is 5. The minimum Gasteiger partial charge on any atom is -0.399 e. The molecular weight excluding hydrogens is 474 g/mol. The number of hydrogen-bond donors (Lipinski definition) is 2. The van der Waals surface area contributed by atoms with Gasteiger partial charge in [0.1, 0.15) is 0 Å². The molecule has 3 aromatic rings. The minimum absolute atomic E-state index is 0.0841. The van der Waals surface area contributed by atoms with Gasteiger partial charge in [0.25, 0.3) is 5.91 Å². The van der Waals surface area contributed by atoms with Gasteiger partial charge in [0.05, 0.1) is 11.1 Å². The van der Waals surface area contributed by atoms with Crippen molar-refractivity contribution >= 4 is 23.1 Å². The van der Waals surface area contributed by atoms with Gasteiger partial charge in [0.2, 0.25) is 0 Å². The summed E-state index contributed by atoms with van der Waals surface area (Å²) in [6, 6.07) is 10.6. The van der Waals surface area contributed by atoms with Gasteiger partial charge >= 0.3 is 12.4 Å². The van der Waals surface area contributed by atoms with Crippen molar-refractivity contribution in [2.24, 2.45) is 5.92 Å². The monoisotopic (exact) mass is 494 g/mol. The van der Waals surface area contributed by atoms with Crippen molar-refractivity contribution in [2.75, 3.05) is 11.1 Å². The van der Waals surface area contributed by atoms with E-state index < -0.39 is 40.5 Å². The van der Waals surface area contributed by atoms with E-state index in [2.05, 4.69) is 5.32 Å². The maximum absolute atomic E-state index is 13.8. The van der Waals surface area contributed by atoms with Crippen LogP contribution in [0.2, 0.25) is 0 Å². The molecule has 10 heteroatoms. The molecular formula is C25H20F6N2O2. The van der Waals surface area contributed by atoms with Crippen LogP contribution in [0, 0.1) is 5.92 Å². The molecule has 3 N–H and O–H groups in total. The van der Waals surface area contributed by atoms with Crippen LogP contribution < -0.4 is 11.1 Å². The van der Waals surface area contributed by atoms with Crippen LogP contribution in [0.25, 0.3) is 11.1 Å². The van der Waals surface area contributed by atoms with Crippen LogP contribution in [0.1, 0.15) is 45.7 Å². The fraction of sp³-hybridized carbons (Fsp3) is 0.200. The first-order chi connectivity index (χ1) is 16.2. The van der Waals surface area contributed by atoms with Crippen molar-refractivity contribution in [1.82, 2.24) is 0 Å². The zero-order chi connectivity index (χ0) is 26.1. The molecule has 0 unspecified atom stereocenters. The topological polar surface area (TPSA) is 72.2 Å². The molecule has 4 nitrogen and oxygen atoms in total. The van der Waals surface area contributed by atoms with E-state index in [1.807, 2.05) is 0 Å².